The molecule has 0 heterocycles. The van der Waals surface area contributed by atoms with Gasteiger partial charge in [0.25, 0.3) is 0 Å². The van der Waals surface area contributed by atoms with Crippen LogP contribution < -0.4 is 9.47 Å². The molecule has 2 nitrogen and oxygen atoms in total. The summed E-state index contributed by atoms with van der Waals surface area (Å²) in [4.78, 5) is 0. The van der Waals surface area contributed by atoms with Gasteiger partial charge >= 0.3 is 0 Å². The van der Waals surface area contributed by atoms with Gasteiger partial charge in [0.15, 0.2) is 23.1 Å². The lowest BCUT2D eigenvalue weighted by molar-refractivity contribution is 0.384. The predicted molar refractivity (Wildman–Crippen MR) is 87.4 cm³/mol. The summed E-state index contributed by atoms with van der Waals surface area (Å²) in [5.41, 5.74) is 1.75. The highest BCUT2D eigenvalue weighted by molar-refractivity contribution is 5.36. The fourth-order valence-electron chi connectivity index (χ4n) is 2.99. The maximum absolute atomic E-state index is 14.0. The first-order valence-corrected chi connectivity index (χ1v) is 7.68. The van der Waals surface area contributed by atoms with Crippen molar-refractivity contribution >= 4 is 0 Å². The minimum absolute atomic E-state index is 0.0493. The molecule has 2 unspecified atom stereocenters. The Morgan fingerprint density at radius 3 is 1.78 bits per heavy atom. The van der Waals surface area contributed by atoms with Gasteiger partial charge < -0.3 is 9.47 Å². The molecule has 2 atom stereocenters. The minimum atomic E-state index is -0.382. The fourth-order valence-corrected chi connectivity index (χ4v) is 2.99. The number of ether oxygens (including phenoxy) is 2. The van der Waals surface area contributed by atoms with Gasteiger partial charge in [-0.05, 0) is 53.6 Å². The maximum Gasteiger partial charge on any atom is 0.165 e. The molecule has 2 aromatic carbocycles. The molecule has 0 aliphatic carbocycles. The van der Waals surface area contributed by atoms with Gasteiger partial charge in [0.2, 0.25) is 0 Å². The molecule has 0 aromatic heterocycles. The van der Waals surface area contributed by atoms with E-state index < -0.39 is 0 Å². The van der Waals surface area contributed by atoms with Crippen molar-refractivity contribution in [3.05, 3.63) is 59.2 Å². The number of rotatable bonds is 6. The summed E-state index contributed by atoms with van der Waals surface area (Å²) < 4.78 is 37.8. The van der Waals surface area contributed by atoms with Crippen LogP contribution in [0.4, 0.5) is 8.78 Å². The summed E-state index contributed by atoms with van der Waals surface area (Å²) in [5, 5.41) is 0. The number of halogens is 2. The van der Waals surface area contributed by atoms with E-state index in [2.05, 4.69) is 0 Å². The molecule has 0 saturated heterocycles. The first-order valence-electron chi connectivity index (χ1n) is 7.68. The number of benzene rings is 2. The van der Waals surface area contributed by atoms with Gasteiger partial charge in [0.05, 0.1) is 14.2 Å². The largest absolute Gasteiger partial charge is 0.494 e. The van der Waals surface area contributed by atoms with Crippen molar-refractivity contribution in [3.63, 3.8) is 0 Å². The molecule has 0 aliphatic heterocycles. The van der Waals surface area contributed by atoms with E-state index in [4.69, 9.17) is 9.47 Å². The molecule has 0 saturated carbocycles. The topological polar surface area (TPSA) is 18.5 Å². The van der Waals surface area contributed by atoms with Crippen molar-refractivity contribution in [2.75, 3.05) is 14.2 Å². The van der Waals surface area contributed by atoms with E-state index in [0.717, 1.165) is 17.5 Å². The lowest BCUT2D eigenvalue weighted by Crippen LogP contribution is -2.09. The number of methoxy groups -OCH3 is 2. The Morgan fingerprint density at radius 1 is 0.870 bits per heavy atom. The SMILES string of the molecule is CCC(c1ccc(OC)c(F)c1)C(C)c1ccc(OC)c(F)c1. The highest BCUT2D eigenvalue weighted by Gasteiger charge is 2.21. The molecule has 0 fully saturated rings. The van der Waals surface area contributed by atoms with Crippen LogP contribution >= 0.6 is 0 Å². The molecule has 0 bridgehead atoms. The highest BCUT2D eigenvalue weighted by Crippen LogP contribution is 2.37. The summed E-state index contributed by atoms with van der Waals surface area (Å²) in [6, 6.07) is 9.98. The molecule has 0 amide bonds. The fraction of sp³-hybridized carbons (Fsp3) is 0.368. The second-order valence-electron chi connectivity index (χ2n) is 5.59. The molecule has 124 valence electrons. The van der Waals surface area contributed by atoms with Gasteiger partial charge in [-0.25, -0.2) is 8.78 Å². The van der Waals surface area contributed by atoms with Crippen molar-refractivity contribution in [3.8, 4) is 11.5 Å². The van der Waals surface area contributed by atoms with E-state index in [9.17, 15) is 8.78 Å². The lowest BCUT2D eigenvalue weighted by atomic mass is 9.81. The lowest BCUT2D eigenvalue weighted by Gasteiger charge is -2.24. The van der Waals surface area contributed by atoms with Gasteiger partial charge in [-0.1, -0.05) is 26.0 Å². The van der Waals surface area contributed by atoms with E-state index >= 15 is 0 Å². The number of hydrogen-bond donors (Lipinski definition) is 0. The quantitative estimate of drug-likeness (QED) is 0.721. The minimum Gasteiger partial charge on any atom is -0.494 e. The molecule has 0 aliphatic rings. The summed E-state index contributed by atoms with van der Waals surface area (Å²) in [6.07, 6.45) is 0.820. The van der Waals surface area contributed by atoms with Gasteiger partial charge in [-0.15, -0.1) is 0 Å². The van der Waals surface area contributed by atoms with E-state index in [1.54, 1.807) is 12.1 Å². The standard InChI is InChI=1S/C19H22F2O2/c1-5-15(14-7-9-19(23-4)17(21)11-14)12(2)13-6-8-18(22-3)16(20)10-13/h6-12,15H,5H2,1-4H3. The Hall–Kier alpha value is -2.10. The van der Waals surface area contributed by atoms with Crippen LogP contribution in [0.1, 0.15) is 43.2 Å². The third-order valence-corrected chi connectivity index (χ3v) is 4.35. The monoisotopic (exact) mass is 320 g/mol. The Morgan fingerprint density at radius 2 is 1.35 bits per heavy atom. The zero-order chi connectivity index (χ0) is 17.0. The van der Waals surface area contributed by atoms with Crippen molar-refractivity contribution < 1.29 is 18.3 Å². The first-order chi connectivity index (χ1) is 11.0. The molecule has 4 heteroatoms. The van der Waals surface area contributed by atoms with Crippen molar-refractivity contribution in [1.82, 2.24) is 0 Å². The predicted octanol–water partition coefficient (Wildman–Crippen LogP) is 5.28. The Balaban J connectivity index is 2.33. The van der Waals surface area contributed by atoms with Crippen LogP contribution in [0.25, 0.3) is 0 Å². The van der Waals surface area contributed by atoms with Gasteiger partial charge in [0, 0.05) is 0 Å². The molecule has 0 radical (unpaired) electrons. The normalized spacial score (nSPS) is 13.5. The van der Waals surface area contributed by atoms with Crippen LogP contribution in [0.3, 0.4) is 0 Å². The van der Waals surface area contributed by atoms with Crippen molar-refractivity contribution in [2.45, 2.75) is 32.1 Å². The third kappa shape index (κ3) is 3.63. The van der Waals surface area contributed by atoms with E-state index in [-0.39, 0.29) is 35.0 Å². The van der Waals surface area contributed by atoms with Crippen LogP contribution in [-0.4, -0.2) is 14.2 Å². The summed E-state index contributed by atoms with van der Waals surface area (Å²) in [5.74, 6) is -0.170. The summed E-state index contributed by atoms with van der Waals surface area (Å²) >= 11 is 0. The summed E-state index contributed by atoms with van der Waals surface area (Å²) in [6.45, 7) is 4.07. The van der Waals surface area contributed by atoms with Crippen molar-refractivity contribution in [2.24, 2.45) is 0 Å². The molecule has 2 rings (SSSR count). The molecular formula is C19H22F2O2. The third-order valence-electron chi connectivity index (χ3n) is 4.35. The zero-order valence-corrected chi connectivity index (χ0v) is 13.9. The molecule has 2 aromatic rings. The van der Waals surface area contributed by atoms with Crippen LogP contribution in [-0.2, 0) is 0 Å². The number of hydrogen-bond acceptors (Lipinski definition) is 2. The van der Waals surface area contributed by atoms with Crippen molar-refractivity contribution in [1.29, 1.82) is 0 Å². The Kier molecular flexibility index (Phi) is 5.59. The first kappa shape index (κ1) is 17.3. The average Bonchev–Trinajstić information content (AvgIpc) is 2.55. The van der Waals surface area contributed by atoms with Crippen LogP contribution in [0, 0.1) is 11.6 Å². The van der Waals surface area contributed by atoms with Gasteiger partial charge in [-0.2, -0.15) is 0 Å². The second-order valence-corrected chi connectivity index (χ2v) is 5.59. The second kappa shape index (κ2) is 7.44. The van der Waals surface area contributed by atoms with Crippen LogP contribution in [0.15, 0.2) is 36.4 Å². The van der Waals surface area contributed by atoms with Gasteiger partial charge in [-0.3, -0.25) is 0 Å². The van der Waals surface area contributed by atoms with Crippen LogP contribution in [0.5, 0.6) is 11.5 Å². The van der Waals surface area contributed by atoms with E-state index in [1.165, 1.54) is 26.4 Å². The maximum atomic E-state index is 14.0. The van der Waals surface area contributed by atoms with E-state index in [1.807, 2.05) is 26.0 Å². The smallest absolute Gasteiger partial charge is 0.165 e. The molecule has 0 spiro atoms. The zero-order valence-electron chi connectivity index (χ0n) is 13.9. The molecule has 0 N–H and O–H groups in total. The Labute approximate surface area is 136 Å². The molecular weight excluding hydrogens is 298 g/mol. The summed E-state index contributed by atoms with van der Waals surface area (Å²) in [7, 11) is 2.88. The van der Waals surface area contributed by atoms with E-state index in [0.29, 0.717) is 0 Å². The van der Waals surface area contributed by atoms with Gasteiger partial charge in [0.1, 0.15) is 0 Å². The average molecular weight is 320 g/mol. The molecule has 23 heavy (non-hydrogen) atoms. The Bertz CT molecular complexity index is 670. The highest BCUT2D eigenvalue weighted by atomic mass is 19.1. The van der Waals surface area contributed by atoms with Crippen LogP contribution in [0.2, 0.25) is 0 Å².